The normalized spacial score (nSPS) is 13.3. The van der Waals surface area contributed by atoms with Gasteiger partial charge < -0.3 is 10.8 Å². The first kappa shape index (κ1) is 13.9. The number of nitrogen functional groups attached to an aromatic ring is 1. The number of anilines is 1. The summed E-state index contributed by atoms with van der Waals surface area (Å²) in [5, 5.41) is 8.88. The fourth-order valence-corrected chi connectivity index (χ4v) is 1.73. The molecule has 0 aromatic heterocycles. The van der Waals surface area contributed by atoms with Crippen LogP contribution in [0.15, 0.2) is 24.3 Å². The van der Waals surface area contributed by atoms with Gasteiger partial charge in [0, 0.05) is 18.3 Å². The molecule has 0 fully saturated rings. The van der Waals surface area contributed by atoms with Gasteiger partial charge in [0.15, 0.2) is 0 Å². The quantitative estimate of drug-likeness (QED) is 0.751. The van der Waals surface area contributed by atoms with Crippen molar-refractivity contribution < 1.29 is 13.9 Å². The first-order valence-corrected chi connectivity index (χ1v) is 5.53. The zero-order valence-corrected chi connectivity index (χ0v) is 9.81. The summed E-state index contributed by atoms with van der Waals surface area (Å²) in [6.45, 7) is 1.59. The van der Waals surface area contributed by atoms with Crippen LogP contribution in [-0.4, -0.2) is 36.1 Å². The fourth-order valence-electron chi connectivity index (χ4n) is 1.73. The molecule has 0 aliphatic rings. The third-order valence-corrected chi connectivity index (χ3v) is 2.73. The lowest BCUT2D eigenvalue weighted by Gasteiger charge is -2.28. The van der Waals surface area contributed by atoms with E-state index in [4.69, 9.17) is 10.8 Å². The number of hydrogen-bond acceptors (Lipinski definition) is 3. The van der Waals surface area contributed by atoms with Crippen LogP contribution < -0.4 is 5.73 Å². The summed E-state index contributed by atoms with van der Waals surface area (Å²) in [6, 6.07) is 6.94. The molecule has 3 N–H and O–H groups in total. The average molecular weight is 244 g/mol. The van der Waals surface area contributed by atoms with Crippen molar-refractivity contribution in [1.82, 2.24) is 4.90 Å². The van der Waals surface area contributed by atoms with Gasteiger partial charge in [0.2, 0.25) is 0 Å². The van der Waals surface area contributed by atoms with Crippen LogP contribution in [0, 0.1) is 0 Å². The molecule has 0 radical (unpaired) electrons. The van der Waals surface area contributed by atoms with E-state index in [0.29, 0.717) is 5.69 Å². The summed E-state index contributed by atoms with van der Waals surface area (Å²) in [4.78, 5) is 1.55. The monoisotopic (exact) mass is 244 g/mol. The predicted molar refractivity (Wildman–Crippen MR) is 63.9 cm³/mol. The van der Waals surface area contributed by atoms with Crippen molar-refractivity contribution >= 4 is 5.69 Å². The highest BCUT2D eigenvalue weighted by atomic mass is 19.3. The highest BCUT2D eigenvalue weighted by Gasteiger charge is 2.18. The Morgan fingerprint density at radius 3 is 2.35 bits per heavy atom. The molecule has 5 heteroatoms. The molecule has 0 aliphatic heterocycles. The maximum Gasteiger partial charge on any atom is 0.251 e. The standard InChI is InChI=1S/C12H18F2N2O/c1-9(10-2-4-11(15)5-3-10)16(6-7-17)8-12(13)14/h2-5,9,12,17H,6-8,15H2,1H3. The highest BCUT2D eigenvalue weighted by molar-refractivity contribution is 5.40. The molecule has 1 aromatic carbocycles. The topological polar surface area (TPSA) is 49.5 Å². The Morgan fingerprint density at radius 1 is 1.29 bits per heavy atom. The SMILES string of the molecule is CC(c1ccc(N)cc1)N(CCO)CC(F)F. The molecule has 17 heavy (non-hydrogen) atoms. The second kappa shape index (κ2) is 6.51. The van der Waals surface area contributed by atoms with Crippen LogP contribution in [0.2, 0.25) is 0 Å². The zero-order valence-electron chi connectivity index (χ0n) is 9.81. The van der Waals surface area contributed by atoms with E-state index >= 15 is 0 Å². The molecule has 96 valence electrons. The minimum Gasteiger partial charge on any atom is -0.399 e. The summed E-state index contributed by atoms with van der Waals surface area (Å²) in [6.07, 6.45) is -2.40. The van der Waals surface area contributed by atoms with Gasteiger partial charge in [-0.2, -0.15) is 0 Å². The van der Waals surface area contributed by atoms with Crippen molar-refractivity contribution in [2.45, 2.75) is 19.4 Å². The Kier molecular flexibility index (Phi) is 5.31. The van der Waals surface area contributed by atoms with Crippen LogP contribution in [0.1, 0.15) is 18.5 Å². The van der Waals surface area contributed by atoms with E-state index in [1.165, 1.54) is 0 Å². The minimum atomic E-state index is -2.40. The molecule has 0 aliphatic carbocycles. The van der Waals surface area contributed by atoms with Gasteiger partial charge in [-0.25, -0.2) is 8.78 Å². The molecule has 1 unspecified atom stereocenters. The Balaban J connectivity index is 2.75. The number of rotatable bonds is 6. The van der Waals surface area contributed by atoms with Crippen LogP contribution in [0.4, 0.5) is 14.5 Å². The molecule has 3 nitrogen and oxygen atoms in total. The van der Waals surface area contributed by atoms with Gasteiger partial charge in [-0.1, -0.05) is 12.1 Å². The van der Waals surface area contributed by atoms with Crippen molar-refractivity contribution in [2.24, 2.45) is 0 Å². The van der Waals surface area contributed by atoms with Crippen molar-refractivity contribution in [3.05, 3.63) is 29.8 Å². The molecular formula is C12H18F2N2O. The van der Waals surface area contributed by atoms with Gasteiger partial charge in [0.1, 0.15) is 0 Å². The Bertz CT molecular complexity index is 330. The number of hydrogen-bond donors (Lipinski definition) is 2. The second-order valence-corrected chi connectivity index (χ2v) is 3.95. The van der Waals surface area contributed by atoms with Crippen molar-refractivity contribution in [1.29, 1.82) is 0 Å². The van der Waals surface area contributed by atoms with E-state index in [1.807, 2.05) is 19.1 Å². The number of benzene rings is 1. The summed E-state index contributed by atoms with van der Waals surface area (Å²) < 4.78 is 24.8. The smallest absolute Gasteiger partial charge is 0.251 e. The van der Waals surface area contributed by atoms with Crippen molar-refractivity contribution in [3.8, 4) is 0 Å². The van der Waals surface area contributed by atoms with Crippen molar-refractivity contribution in [2.75, 3.05) is 25.4 Å². The summed E-state index contributed by atoms with van der Waals surface area (Å²) in [5.74, 6) is 0. The lowest BCUT2D eigenvalue weighted by atomic mass is 10.1. The van der Waals surface area contributed by atoms with E-state index in [-0.39, 0.29) is 25.7 Å². The third-order valence-electron chi connectivity index (χ3n) is 2.73. The van der Waals surface area contributed by atoms with Crippen molar-refractivity contribution in [3.63, 3.8) is 0 Å². The molecular weight excluding hydrogens is 226 g/mol. The maximum absolute atomic E-state index is 12.4. The molecule has 0 heterocycles. The summed E-state index contributed by atoms with van der Waals surface area (Å²) >= 11 is 0. The number of aliphatic hydroxyl groups is 1. The van der Waals surface area contributed by atoms with Crippen LogP contribution in [0.3, 0.4) is 0 Å². The Hall–Kier alpha value is -1.20. The lowest BCUT2D eigenvalue weighted by Crippen LogP contribution is -2.34. The lowest BCUT2D eigenvalue weighted by molar-refractivity contribution is 0.0585. The van der Waals surface area contributed by atoms with E-state index in [1.54, 1.807) is 17.0 Å². The van der Waals surface area contributed by atoms with Gasteiger partial charge in [-0.3, -0.25) is 4.90 Å². The average Bonchev–Trinajstić information content (AvgIpc) is 2.28. The van der Waals surface area contributed by atoms with E-state index < -0.39 is 6.43 Å². The molecule has 0 spiro atoms. The molecule has 1 aromatic rings. The van der Waals surface area contributed by atoms with Gasteiger partial charge >= 0.3 is 0 Å². The van der Waals surface area contributed by atoms with Gasteiger partial charge in [0.25, 0.3) is 6.43 Å². The molecule has 0 saturated carbocycles. The van der Waals surface area contributed by atoms with Crippen LogP contribution in [0.25, 0.3) is 0 Å². The first-order valence-electron chi connectivity index (χ1n) is 5.53. The highest BCUT2D eigenvalue weighted by Crippen LogP contribution is 2.21. The molecule has 1 atom stereocenters. The zero-order chi connectivity index (χ0) is 12.8. The van der Waals surface area contributed by atoms with Gasteiger partial charge in [-0.15, -0.1) is 0 Å². The third kappa shape index (κ3) is 4.28. The van der Waals surface area contributed by atoms with Gasteiger partial charge in [-0.05, 0) is 24.6 Å². The number of alkyl halides is 2. The minimum absolute atomic E-state index is 0.133. The van der Waals surface area contributed by atoms with Crippen LogP contribution in [0.5, 0.6) is 0 Å². The van der Waals surface area contributed by atoms with Crippen LogP contribution >= 0.6 is 0 Å². The molecule has 1 rings (SSSR count). The predicted octanol–water partition coefficient (Wildman–Crippen LogP) is 1.89. The number of nitrogens with zero attached hydrogens (tertiary/aromatic N) is 1. The Labute approximate surface area is 99.8 Å². The molecule has 0 amide bonds. The summed E-state index contributed by atoms with van der Waals surface area (Å²) in [5.41, 5.74) is 7.12. The molecule has 0 saturated heterocycles. The fraction of sp³-hybridized carbons (Fsp3) is 0.500. The Morgan fingerprint density at radius 2 is 1.88 bits per heavy atom. The number of nitrogens with two attached hydrogens (primary N) is 1. The maximum atomic E-state index is 12.4. The molecule has 0 bridgehead atoms. The number of aliphatic hydroxyl groups excluding tert-OH is 1. The van der Waals surface area contributed by atoms with E-state index in [0.717, 1.165) is 5.56 Å². The number of halogens is 2. The van der Waals surface area contributed by atoms with E-state index in [2.05, 4.69) is 0 Å². The first-order chi connectivity index (χ1) is 8.04. The van der Waals surface area contributed by atoms with Crippen LogP contribution in [-0.2, 0) is 0 Å². The summed E-state index contributed by atoms with van der Waals surface area (Å²) in [7, 11) is 0. The van der Waals surface area contributed by atoms with Gasteiger partial charge in [0.05, 0.1) is 13.2 Å². The largest absolute Gasteiger partial charge is 0.399 e. The second-order valence-electron chi connectivity index (χ2n) is 3.95. The van der Waals surface area contributed by atoms with E-state index in [9.17, 15) is 8.78 Å².